The van der Waals surface area contributed by atoms with E-state index in [1.165, 1.54) is 6.33 Å². The fourth-order valence-corrected chi connectivity index (χ4v) is 3.15. The highest BCUT2D eigenvalue weighted by molar-refractivity contribution is 5.89. The number of hydrogen-bond acceptors (Lipinski definition) is 4. The zero-order valence-electron chi connectivity index (χ0n) is 13.7. The summed E-state index contributed by atoms with van der Waals surface area (Å²) in [4.78, 5) is 18.8. The number of rotatable bonds is 3. The number of aromatic nitrogens is 5. The van der Waals surface area contributed by atoms with Crippen LogP contribution in [0.1, 0.15) is 31.1 Å². The molecule has 1 aliphatic rings. The molecule has 1 aliphatic heterocycles. The molecule has 1 fully saturated rings. The second-order valence-corrected chi connectivity index (χ2v) is 6.00. The maximum Gasteiger partial charge on any atom is 0.322 e. The largest absolute Gasteiger partial charge is 0.322 e. The molecular weight excluding hydrogens is 318 g/mol. The molecule has 8 nitrogen and oxygen atoms in total. The highest BCUT2D eigenvalue weighted by Crippen LogP contribution is 2.29. The van der Waals surface area contributed by atoms with E-state index in [9.17, 15) is 4.79 Å². The Bertz CT molecular complexity index is 811. The summed E-state index contributed by atoms with van der Waals surface area (Å²) in [6.07, 6.45) is 8.05. The Kier molecular flexibility index (Phi) is 4.16. The summed E-state index contributed by atoms with van der Waals surface area (Å²) in [5.41, 5.74) is 1.70. The number of benzene rings is 1. The first-order valence-electron chi connectivity index (χ1n) is 8.34. The van der Waals surface area contributed by atoms with Gasteiger partial charge in [0, 0.05) is 24.6 Å². The van der Waals surface area contributed by atoms with Gasteiger partial charge in [0.15, 0.2) is 0 Å². The molecule has 25 heavy (non-hydrogen) atoms. The summed E-state index contributed by atoms with van der Waals surface area (Å²) in [5, 5.41) is 14.0. The Morgan fingerprint density at radius 1 is 1.24 bits per heavy atom. The second kappa shape index (κ2) is 6.76. The van der Waals surface area contributed by atoms with Crippen LogP contribution in [0.3, 0.4) is 0 Å². The highest BCUT2D eigenvalue weighted by atomic mass is 16.2. The van der Waals surface area contributed by atoms with Crippen molar-refractivity contribution in [1.29, 1.82) is 0 Å². The van der Waals surface area contributed by atoms with Gasteiger partial charge in [-0.25, -0.2) is 14.5 Å². The minimum absolute atomic E-state index is 0.0559. The number of hydrogen-bond donors (Lipinski definition) is 2. The lowest BCUT2D eigenvalue weighted by molar-refractivity contribution is 0.159. The molecular formula is C17H19N7O. The van der Waals surface area contributed by atoms with Gasteiger partial charge in [0.25, 0.3) is 0 Å². The Morgan fingerprint density at radius 2 is 2.12 bits per heavy atom. The van der Waals surface area contributed by atoms with E-state index in [1.54, 1.807) is 10.9 Å². The van der Waals surface area contributed by atoms with Crippen LogP contribution in [-0.2, 0) is 0 Å². The van der Waals surface area contributed by atoms with E-state index in [-0.39, 0.29) is 12.1 Å². The molecule has 128 valence electrons. The molecule has 2 aromatic heterocycles. The van der Waals surface area contributed by atoms with Crippen molar-refractivity contribution in [1.82, 2.24) is 29.9 Å². The van der Waals surface area contributed by atoms with Crippen molar-refractivity contribution < 1.29 is 4.79 Å². The van der Waals surface area contributed by atoms with Crippen molar-refractivity contribution in [3.63, 3.8) is 0 Å². The number of nitrogens with one attached hydrogen (secondary N) is 2. The van der Waals surface area contributed by atoms with Gasteiger partial charge in [-0.15, -0.1) is 0 Å². The summed E-state index contributed by atoms with van der Waals surface area (Å²) >= 11 is 0. The maximum absolute atomic E-state index is 12.7. The topological polar surface area (TPSA) is 91.7 Å². The molecule has 0 unspecified atom stereocenters. The van der Waals surface area contributed by atoms with Gasteiger partial charge in [0.2, 0.25) is 0 Å². The zero-order valence-corrected chi connectivity index (χ0v) is 13.7. The normalized spacial score (nSPS) is 17.4. The number of carbonyl (C=O) groups is 1. The third kappa shape index (κ3) is 3.23. The van der Waals surface area contributed by atoms with Gasteiger partial charge >= 0.3 is 6.03 Å². The van der Waals surface area contributed by atoms with E-state index >= 15 is 0 Å². The summed E-state index contributed by atoms with van der Waals surface area (Å²) in [6.45, 7) is 0.711. The molecule has 0 radical (unpaired) electrons. The number of amides is 2. The first-order chi connectivity index (χ1) is 12.3. The quantitative estimate of drug-likeness (QED) is 0.769. The lowest BCUT2D eigenvalue weighted by Crippen LogP contribution is -2.41. The van der Waals surface area contributed by atoms with Crippen LogP contribution >= 0.6 is 0 Å². The van der Waals surface area contributed by atoms with Crippen LogP contribution in [-0.4, -0.2) is 42.4 Å². The smallest absolute Gasteiger partial charge is 0.314 e. The van der Waals surface area contributed by atoms with Gasteiger partial charge in [-0.1, -0.05) is 0 Å². The van der Waals surface area contributed by atoms with Gasteiger partial charge < -0.3 is 10.2 Å². The van der Waals surface area contributed by atoms with Crippen LogP contribution in [0.25, 0.3) is 5.69 Å². The van der Waals surface area contributed by atoms with Gasteiger partial charge in [0.1, 0.15) is 12.2 Å². The van der Waals surface area contributed by atoms with Crippen molar-refractivity contribution >= 4 is 11.7 Å². The van der Waals surface area contributed by atoms with E-state index in [0.717, 1.165) is 36.5 Å². The van der Waals surface area contributed by atoms with Gasteiger partial charge in [-0.05, 0) is 49.6 Å². The van der Waals surface area contributed by atoms with Crippen molar-refractivity contribution in [3.05, 3.63) is 54.9 Å². The Balaban J connectivity index is 1.47. The fourth-order valence-electron chi connectivity index (χ4n) is 3.15. The molecule has 8 heteroatoms. The standard InChI is InChI=1S/C17H19N7O/c25-17(23-10-2-1-4-15(23)16-18-12-19-22-16)21-13-5-7-14(8-6-13)24-11-3-9-20-24/h3,5-9,11-12,15H,1-2,4,10H2,(H,21,25)(H,18,19,22)/t15-/m1/s1. The fraction of sp³-hybridized carbons (Fsp3) is 0.294. The second-order valence-electron chi connectivity index (χ2n) is 6.00. The monoisotopic (exact) mass is 337 g/mol. The van der Waals surface area contributed by atoms with Crippen LogP contribution in [0.5, 0.6) is 0 Å². The minimum Gasteiger partial charge on any atom is -0.314 e. The predicted molar refractivity (Wildman–Crippen MR) is 92.3 cm³/mol. The van der Waals surface area contributed by atoms with Crippen molar-refractivity contribution in [3.8, 4) is 5.69 Å². The molecule has 1 saturated heterocycles. The van der Waals surface area contributed by atoms with Crippen LogP contribution in [0.15, 0.2) is 49.1 Å². The number of piperidine rings is 1. The molecule has 0 spiro atoms. The molecule has 2 amide bonds. The maximum atomic E-state index is 12.7. The van der Waals surface area contributed by atoms with Crippen molar-refractivity contribution in [2.45, 2.75) is 25.3 Å². The summed E-state index contributed by atoms with van der Waals surface area (Å²) in [5.74, 6) is 0.740. The van der Waals surface area contributed by atoms with E-state index in [4.69, 9.17) is 0 Å². The molecule has 3 heterocycles. The molecule has 4 rings (SSSR count). The average Bonchev–Trinajstić information content (AvgIpc) is 3.36. The number of aromatic amines is 1. The third-order valence-electron chi connectivity index (χ3n) is 4.40. The summed E-state index contributed by atoms with van der Waals surface area (Å²) in [7, 11) is 0. The lowest BCUT2D eigenvalue weighted by Gasteiger charge is -2.34. The number of H-pyrrole nitrogens is 1. The first kappa shape index (κ1) is 15.4. The van der Waals surface area contributed by atoms with Gasteiger partial charge in [0.05, 0.1) is 11.7 Å². The molecule has 1 aromatic carbocycles. The number of anilines is 1. The minimum atomic E-state index is -0.118. The molecule has 0 aliphatic carbocycles. The van der Waals surface area contributed by atoms with E-state index in [2.05, 4.69) is 25.6 Å². The van der Waals surface area contributed by atoms with Crippen LogP contribution in [0.4, 0.5) is 10.5 Å². The predicted octanol–water partition coefficient (Wildman–Crippen LogP) is 2.75. The Morgan fingerprint density at radius 3 is 2.84 bits per heavy atom. The lowest BCUT2D eigenvalue weighted by atomic mass is 10.0. The third-order valence-corrected chi connectivity index (χ3v) is 4.40. The Hall–Kier alpha value is -3.16. The first-order valence-corrected chi connectivity index (χ1v) is 8.34. The van der Waals surface area contributed by atoms with E-state index in [1.807, 2.05) is 41.4 Å². The van der Waals surface area contributed by atoms with Crippen molar-refractivity contribution in [2.24, 2.45) is 0 Å². The number of nitrogens with zero attached hydrogens (tertiary/aromatic N) is 5. The summed E-state index contributed by atoms with van der Waals surface area (Å²) in [6, 6.07) is 9.30. The number of urea groups is 1. The molecule has 3 aromatic rings. The molecule has 0 bridgehead atoms. The molecule has 2 N–H and O–H groups in total. The van der Waals surface area contributed by atoms with Crippen molar-refractivity contribution in [2.75, 3.05) is 11.9 Å². The van der Waals surface area contributed by atoms with Crippen LogP contribution in [0.2, 0.25) is 0 Å². The highest BCUT2D eigenvalue weighted by Gasteiger charge is 2.29. The Labute approximate surface area is 144 Å². The van der Waals surface area contributed by atoms with Crippen LogP contribution < -0.4 is 5.32 Å². The van der Waals surface area contributed by atoms with E-state index in [0.29, 0.717) is 6.54 Å². The average molecular weight is 337 g/mol. The van der Waals surface area contributed by atoms with E-state index < -0.39 is 0 Å². The van der Waals surface area contributed by atoms with Gasteiger partial charge in [-0.2, -0.15) is 10.2 Å². The SMILES string of the molecule is O=C(Nc1ccc(-n2cccn2)cc1)N1CCCC[C@@H]1c1ncn[nH]1. The van der Waals surface area contributed by atoms with Crippen LogP contribution in [0, 0.1) is 0 Å². The molecule has 1 atom stereocenters. The zero-order chi connectivity index (χ0) is 17.1. The number of likely N-dealkylation sites (tertiary alicyclic amines) is 1. The van der Waals surface area contributed by atoms with Gasteiger partial charge in [-0.3, -0.25) is 5.10 Å². The summed E-state index contributed by atoms with van der Waals surface area (Å²) < 4.78 is 1.77. The molecule has 0 saturated carbocycles. The number of carbonyl (C=O) groups excluding carboxylic acids is 1.